The fourth-order valence-electron chi connectivity index (χ4n) is 1.71. The van der Waals surface area contributed by atoms with Crippen molar-refractivity contribution in [3.8, 4) is 0 Å². The molecule has 0 nitrogen and oxygen atoms in total. The molecule has 0 amide bonds. The maximum Gasteiger partial charge on any atom is 0.389 e. The van der Waals surface area contributed by atoms with Gasteiger partial charge in [0.05, 0.1) is 0 Å². The number of halogens is 6. The summed E-state index contributed by atoms with van der Waals surface area (Å²) in [6, 6.07) is 0. The number of rotatable bonds is 9. The van der Waals surface area contributed by atoms with Crippen molar-refractivity contribution in [3.05, 3.63) is 0 Å². The molecule has 0 aliphatic rings. The van der Waals surface area contributed by atoms with E-state index in [0.29, 0.717) is 12.8 Å². The third kappa shape index (κ3) is 15.6. The van der Waals surface area contributed by atoms with Crippen molar-refractivity contribution < 1.29 is 26.3 Å². The van der Waals surface area contributed by atoms with Gasteiger partial charge in [-0.3, -0.25) is 0 Å². The van der Waals surface area contributed by atoms with Crippen LogP contribution in [0.3, 0.4) is 0 Å². The van der Waals surface area contributed by atoms with Crippen LogP contribution >= 0.6 is 0 Å². The lowest BCUT2D eigenvalue weighted by atomic mass is 10.1. The lowest BCUT2D eigenvalue weighted by Crippen LogP contribution is -2.06. The van der Waals surface area contributed by atoms with Crippen molar-refractivity contribution in [1.82, 2.24) is 0 Å². The Labute approximate surface area is 104 Å². The monoisotopic (exact) mass is 278 g/mol. The summed E-state index contributed by atoms with van der Waals surface area (Å²) in [7, 11) is 0. The summed E-state index contributed by atoms with van der Waals surface area (Å²) < 4.78 is 70.6. The van der Waals surface area contributed by atoms with Crippen molar-refractivity contribution in [3.63, 3.8) is 0 Å². The molecule has 0 bridgehead atoms. The van der Waals surface area contributed by atoms with Gasteiger partial charge in [0.25, 0.3) is 0 Å². The van der Waals surface area contributed by atoms with Gasteiger partial charge in [-0.05, 0) is 12.8 Å². The SMILES string of the molecule is FC(F)(F)CCCCCCCCCCC(F)(F)F. The molecule has 110 valence electrons. The van der Waals surface area contributed by atoms with Crippen molar-refractivity contribution in [1.29, 1.82) is 0 Å². The standard InChI is InChI=1S/C12H20F6/c13-11(14,15)9-7-5-3-1-2-4-6-8-10-12(16,17)18/h1-10H2. The van der Waals surface area contributed by atoms with E-state index in [2.05, 4.69) is 0 Å². The van der Waals surface area contributed by atoms with E-state index in [4.69, 9.17) is 0 Å². The highest BCUT2D eigenvalue weighted by Gasteiger charge is 2.26. The van der Waals surface area contributed by atoms with E-state index in [1.54, 1.807) is 0 Å². The van der Waals surface area contributed by atoms with E-state index >= 15 is 0 Å². The van der Waals surface area contributed by atoms with Gasteiger partial charge in [-0.15, -0.1) is 0 Å². The maximum atomic E-state index is 11.8. The van der Waals surface area contributed by atoms with Crippen LogP contribution in [0, 0.1) is 0 Å². The van der Waals surface area contributed by atoms with Crippen LogP contribution in [0.25, 0.3) is 0 Å². The van der Waals surface area contributed by atoms with Gasteiger partial charge in [-0.25, -0.2) is 0 Å². The minimum absolute atomic E-state index is 0.150. The van der Waals surface area contributed by atoms with Gasteiger partial charge in [-0.2, -0.15) is 26.3 Å². The number of hydrogen-bond donors (Lipinski definition) is 0. The minimum Gasteiger partial charge on any atom is -0.171 e. The molecule has 0 aromatic rings. The summed E-state index contributed by atoms with van der Waals surface area (Å²) >= 11 is 0. The van der Waals surface area contributed by atoms with Crippen LogP contribution in [0.5, 0.6) is 0 Å². The predicted molar refractivity (Wildman–Crippen MR) is 58.3 cm³/mol. The van der Waals surface area contributed by atoms with Crippen molar-refractivity contribution in [2.45, 2.75) is 76.6 Å². The lowest BCUT2D eigenvalue weighted by Gasteiger charge is -2.06. The predicted octanol–water partition coefficient (Wildman–Crippen LogP) is 6.01. The van der Waals surface area contributed by atoms with Gasteiger partial charge in [0, 0.05) is 12.8 Å². The average molecular weight is 278 g/mol. The van der Waals surface area contributed by atoms with Crippen LogP contribution < -0.4 is 0 Å². The molecule has 0 fully saturated rings. The average Bonchev–Trinajstić information content (AvgIpc) is 2.17. The Morgan fingerprint density at radius 1 is 0.389 bits per heavy atom. The van der Waals surface area contributed by atoms with E-state index < -0.39 is 25.2 Å². The Balaban J connectivity index is 3.13. The van der Waals surface area contributed by atoms with Crippen LogP contribution in [-0.2, 0) is 0 Å². The van der Waals surface area contributed by atoms with Gasteiger partial charge in [0.15, 0.2) is 0 Å². The molecule has 0 unspecified atom stereocenters. The molecule has 0 aromatic carbocycles. The first kappa shape index (κ1) is 17.6. The van der Waals surface area contributed by atoms with Gasteiger partial charge in [0.1, 0.15) is 0 Å². The van der Waals surface area contributed by atoms with Crippen LogP contribution in [0.15, 0.2) is 0 Å². The van der Waals surface area contributed by atoms with E-state index in [1.807, 2.05) is 0 Å². The maximum absolute atomic E-state index is 11.8. The van der Waals surface area contributed by atoms with Crippen LogP contribution in [-0.4, -0.2) is 12.4 Å². The molecule has 0 radical (unpaired) electrons. The topological polar surface area (TPSA) is 0 Å². The second-order valence-electron chi connectivity index (χ2n) is 4.56. The molecular weight excluding hydrogens is 258 g/mol. The smallest absolute Gasteiger partial charge is 0.171 e. The third-order valence-corrected chi connectivity index (χ3v) is 2.67. The summed E-state index contributed by atoms with van der Waals surface area (Å²) in [5.74, 6) is 0. The molecular formula is C12H20F6. The highest BCUT2D eigenvalue weighted by molar-refractivity contribution is 4.54. The third-order valence-electron chi connectivity index (χ3n) is 2.67. The quantitative estimate of drug-likeness (QED) is 0.358. The van der Waals surface area contributed by atoms with Gasteiger partial charge in [-0.1, -0.05) is 38.5 Å². The largest absolute Gasteiger partial charge is 0.389 e. The molecule has 0 atom stereocenters. The zero-order chi connectivity index (χ0) is 14.1. The highest BCUT2D eigenvalue weighted by atomic mass is 19.4. The number of alkyl halides is 6. The molecule has 6 heteroatoms. The second-order valence-corrected chi connectivity index (χ2v) is 4.56. The Morgan fingerprint density at radius 3 is 0.833 bits per heavy atom. The fourth-order valence-corrected chi connectivity index (χ4v) is 1.71. The van der Waals surface area contributed by atoms with Gasteiger partial charge in [0.2, 0.25) is 0 Å². The van der Waals surface area contributed by atoms with E-state index in [1.165, 1.54) is 0 Å². The van der Waals surface area contributed by atoms with E-state index in [0.717, 1.165) is 25.7 Å². The first-order valence-corrected chi connectivity index (χ1v) is 6.34. The Kier molecular flexibility index (Phi) is 8.44. The normalized spacial score (nSPS) is 13.0. The second kappa shape index (κ2) is 8.64. The molecule has 0 aromatic heterocycles. The molecule has 0 saturated heterocycles. The van der Waals surface area contributed by atoms with Gasteiger partial charge < -0.3 is 0 Å². The fraction of sp³-hybridized carbons (Fsp3) is 1.00. The van der Waals surface area contributed by atoms with E-state index in [9.17, 15) is 26.3 Å². The molecule has 0 aliphatic carbocycles. The van der Waals surface area contributed by atoms with Crippen LogP contribution in [0.4, 0.5) is 26.3 Å². The van der Waals surface area contributed by atoms with Crippen molar-refractivity contribution in [2.75, 3.05) is 0 Å². The van der Waals surface area contributed by atoms with Crippen LogP contribution in [0.2, 0.25) is 0 Å². The lowest BCUT2D eigenvalue weighted by molar-refractivity contribution is -0.136. The minimum atomic E-state index is -4.07. The van der Waals surface area contributed by atoms with Crippen molar-refractivity contribution in [2.24, 2.45) is 0 Å². The Hall–Kier alpha value is -0.420. The van der Waals surface area contributed by atoms with Crippen LogP contribution in [0.1, 0.15) is 64.2 Å². The molecule has 0 spiro atoms. The zero-order valence-electron chi connectivity index (χ0n) is 10.3. The summed E-state index contributed by atoms with van der Waals surface area (Å²) in [5.41, 5.74) is 0. The molecule has 0 aliphatic heterocycles. The summed E-state index contributed by atoms with van der Waals surface area (Å²) in [4.78, 5) is 0. The number of hydrogen-bond acceptors (Lipinski definition) is 0. The summed E-state index contributed by atoms with van der Waals surface area (Å²) in [6.07, 6.45) is -5.15. The first-order valence-electron chi connectivity index (χ1n) is 6.34. The summed E-state index contributed by atoms with van der Waals surface area (Å²) in [6.45, 7) is 0. The molecule has 0 rings (SSSR count). The van der Waals surface area contributed by atoms with Crippen molar-refractivity contribution >= 4 is 0 Å². The zero-order valence-corrected chi connectivity index (χ0v) is 10.3. The molecule has 18 heavy (non-hydrogen) atoms. The van der Waals surface area contributed by atoms with Gasteiger partial charge >= 0.3 is 12.4 Å². The van der Waals surface area contributed by atoms with E-state index in [-0.39, 0.29) is 12.8 Å². The molecule has 0 saturated carbocycles. The molecule has 0 heterocycles. The Morgan fingerprint density at radius 2 is 0.611 bits per heavy atom. The highest BCUT2D eigenvalue weighted by Crippen LogP contribution is 2.24. The first-order chi connectivity index (χ1) is 8.21. The Bertz CT molecular complexity index is 172. The number of unbranched alkanes of at least 4 members (excludes halogenated alkanes) is 7. The molecule has 0 N–H and O–H groups in total. The summed E-state index contributed by atoms with van der Waals surface area (Å²) in [5, 5.41) is 0.